The summed E-state index contributed by atoms with van der Waals surface area (Å²) in [6.45, 7) is 4.04. The fourth-order valence-electron chi connectivity index (χ4n) is 5.38. The average Bonchev–Trinajstić information content (AvgIpc) is 2.91. The first kappa shape index (κ1) is 26.7. The number of thiocarbonyl (C=S) groups is 2. The van der Waals surface area contributed by atoms with Gasteiger partial charge in [-0.1, -0.05) is 86.6 Å². The molecule has 0 unspecified atom stereocenters. The van der Waals surface area contributed by atoms with Gasteiger partial charge in [-0.3, -0.25) is 9.59 Å². The Morgan fingerprint density at radius 1 is 0.744 bits per heavy atom. The highest BCUT2D eigenvalue weighted by Gasteiger charge is 2.52. The molecule has 2 atom stereocenters. The number of benzene rings is 4. The summed E-state index contributed by atoms with van der Waals surface area (Å²) in [6, 6.07) is 27.8. The zero-order chi connectivity index (χ0) is 27.6. The van der Waals surface area contributed by atoms with E-state index in [2.05, 4.69) is 21.3 Å². The summed E-state index contributed by atoms with van der Waals surface area (Å²) >= 11 is 10.8. The Morgan fingerprint density at radius 2 is 1.23 bits per heavy atom. The van der Waals surface area contributed by atoms with Crippen LogP contribution in [0.5, 0.6) is 0 Å². The maximum Gasteiger partial charge on any atom is 0.229 e. The normalized spacial score (nSPS) is 17.6. The minimum Gasteiger partial charge on any atom is -0.332 e. The molecule has 1 saturated carbocycles. The third-order valence-electron chi connectivity index (χ3n) is 7.78. The van der Waals surface area contributed by atoms with Crippen molar-refractivity contribution in [2.45, 2.75) is 26.7 Å². The lowest BCUT2D eigenvalue weighted by atomic mass is 9.53. The molecule has 0 heterocycles. The number of rotatable bonds is 5. The van der Waals surface area contributed by atoms with Crippen LogP contribution in [0.15, 0.2) is 84.9 Å². The summed E-state index contributed by atoms with van der Waals surface area (Å²) in [7, 11) is 0. The van der Waals surface area contributed by atoms with Crippen molar-refractivity contribution in [1.29, 1.82) is 0 Å². The number of anilines is 2. The van der Waals surface area contributed by atoms with E-state index in [1.807, 2.05) is 98.8 Å². The molecule has 4 aromatic rings. The van der Waals surface area contributed by atoms with Crippen LogP contribution in [0.3, 0.4) is 0 Å². The van der Waals surface area contributed by atoms with Crippen LogP contribution in [0.25, 0.3) is 21.5 Å². The van der Waals surface area contributed by atoms with Crippen LogP contribution < -0.4 is 21.3 Å². The van der Waals surface area contributed by atoms with E-state index in [0.29, 0.717) is 6.42 Å². The number of carbonyl (C=O) groups is 2. The molecule has 1 fully saturated rings. The van der Waals surface area contributed by atoms with Gasteiger partial charge in [-0.15, -0.1) is 0 Å². The molecular weight excluding hydrogens is 525 g/mol. The maximum atomic E-state index is 13.1. The second-order valence-corrected chi connectivity index (χ2v) is 11.3. The van der Waals surface area contributed by atoms with Gasteiger partial charge in [0.2, 0.25) is 11.8 Å². The summed E-state index contributed by atoms with van der Waals surface area (Å²) in [5.41, 5.74) is 1.32. The lowest BCUT2D eigenvalue weighted by Gasteiger charge is -2.51. The molecule has 1 aliphatic carbocycles. The molecule has 0 aliphatic heterocycles. The Bertz CT molecular complexity index is 1590. The Morgan fingerprint density at radius 3 is 1.77 bits per heavy atom. The van der Waals surface area contributed by atoms with Crippen molar-refractivity contribution in [3.63, 3.8) is 0 Å². The number of hydrogen-bond donors (Lipinski definition) is 4. The van der Waals surface area contributed by atoms with E-state index in [4.69, 9.17) is 24.4 Å². The van der Waals surface area contributed by atoms with Crippen LogP contribution in [0.2, 0.25) is 0 Å². The second-order valence-electron chi connectivity index (χ2n) is 10.5. The van der Waals surface area contributed by atoms with Crippen molar-refractivity contribution in [3.05, 3.63) is 84.9 Å². The lowest BCUT2D eigenvalue weighted by molar-refractivity contribution is -0.143. The van der Waals surface area contributed by atoms with Gasteiger partial charge >= 0.3 is 0 Å². The van der Waals surface area contributed by atoms with E-state index in [1.165, 1.54) is 0 Å². The fourth-order valence-corrected chi connectivity index (χ4v) is 5.82. The Balaban J connectivity index is 1.12. The molecule has 0 spiro atoms. The second kappa shape index (κ2) is 11.1. The number of fused-ring (bicyclic) bond motifs is 2. The van der Waals surface area contributed by atoms with Gasteiger partial charge in [-0.25, -0.2) is 0 Å². The van der Waals surface area contributed by atoms with Gasteiger partial charge in [0.1, 0.15) is 0 Å². The molecule has 0 saturated heterocycles. The van der Waals surface area contributed by atoms with E-state index in [1.54, 1.807) is 0 Å². The molecule has 1 aliphatic rings. The molecule has 4 N–H and O–H groups in total. The molecule has 0 aromatic heterocycles. The SMILES string of the molecule is CC1(C)[C@@H](CC(=O)NC(=S)Nc2cccc3ccccc23)C[C@H]1C(=O)NC(=S)Nc1cccc2ccccc12. The van der Waals surface area contributed by atoms with Gasteiger partial charge < -0.3 is 21.3 Å². The average molecular weight is 555 g/mol. The highest BCUT2D eigenvalue weighted by molar-refractivity contribution is 7.80. The third kappa shape index (κ3) is 5.77. The van der Waals surface area contributed by atoms with Gasteiger partial charge in [0.25, 0.3) is 0 Å². The predicted molar refractivity (Wildman–Crippen MR) is 167 cm³/mol. The van der Waals surface area contributed by atoms with Crippen molar-refractivity contribution in [1.82, 2.24) is 10.6 Å². The minimum absolute atomic E-state index is 0.0493. The van der Waals surface area contributed by atoms with Gasteiger partial charge in [0, 0.05) is 34.5 Å². The van der Waals surface area contributed by atoms with Crippen LogP contribution >= 0.6 is 24.4 Å². The summed E-state index contributed by atoms with van der Waals surface area (Å²) in [4.78, 5) is 25.8. The van der Waals surface area contributed by atoms with Crippen LogP contribution in [-0.4, -0.2) is 22.0 Å². The van der Waals surface area contributed by atoms with Gasteiger partial charge in [-0.2, -0.15) is 0 Å². The van der Waals surface area contributed by atoms with Gasteiger partial charge in [-0.05, 0) is 65.1 Å². The molecule has 39 heavy (non-hydrogen) atoms. The van der Waals surface area contributed by atoms with E-state index < -0.39 is 0 Å². The van der Waals surface area contributed by atoms with Crippen LogP contribution in [0.1, 0.15) is 26.7 Å². The highest BCUT2D eigenvalue weighted by atomic mass is 32.1. The highest BCUT2D eigenvalue weighted by Crippen LogP contribution is 2.52. The van der Waals surface area contributed by atoms with E-state index >= 15 is 0 Å². The Labute approximate surface area is 238 Å². The van der Waals surface area contributed by atoms with Crippen molar-refractivity contribution in [3.8, 4) is 0 Å². The molecule has 8 heteroatoms. The first-order chi connectivity index (χ1) is 18.7. The molecule has 5 rings (SSSR count). The van der Waals surface area contributed by atoms with E-state index in [0.717, 1.165) is 32.9 Å². The van der Waals surface area contributed by atoms with Crippen LogP contribution in [0.4, 0.5) is 11.4 Å². The van der Waals surface area contributed by atoms with Crippen LogP contribution in [-0.2, 0) is 9.59 Å². The smallest absolute Gasteiger partial charge is 0.229 e. The zero-order valence-electron chi connectivity index (χ0n) is 21.8. The Kier molecular flexibility index (Phi) is 7.59. The topological polar surface area (TPSA) is 82.3 Å². The summed E-state index contributed by atoms with van der Waals surface area (Å²) in [5.74, 6) is -0.503. The summed E-state index contributed by atoms with van der Waals surface area (Å²) < 4.78 is 0. The van der Waals surface area contributed by atoms with Crippen molar-refractivity contribution in [2.24, 2.45) is 17.3 Å². The van der Waals surface area contributed by atoms with Gasteiger partial charge in [0.05, 0.1) is 0 Å². The lowest BCUT2D eigenvalue weighted by Crippen LogP contribution is -2.55. The predicted octanol–water partition coefficient (Wildman–Crippen LogP) is 6.37. The van der Waals surface area contributed by atoms with Crippen molar-refractivity contribution in [2.75, 3.05) is 10.6 Å². The number of hydrogen-bond acceptors (Lipinski definition) is 4. The van der Waals surface area contributed by atoms with Gasteiger partial charge in [0.15, 0.2) is 10.2 Å². The quantitative estimate of drug-likeness (QED) is 0.215. The third-order valence-corrected chi connectivity index (χ3v) is 8.19. The summed E-state index contributed by atoms with van der Waals surface area (Å²) in [5, 5.41) is 16.7. The molecule has 0 bridgehead atoms. The minimum atomic E-state index is -0.360. The van der Waals surface area contributed by atoms with Crippen molar-refractivity contribution >= 4 is 79.4 Å². The molecule has 4 aromatic carbocycles. The summed E-state index contributed by atoms with van der Waals surface area (Å²) in [6.07, 6.45) is 0.888. The van der Waals surface area contributed by atoms with E-state index in [9.17, 15) is 9.59 Å². The van der Waals surface area contributed by atoms with Crippen LogP contribution in [0, 0.1) is 17.3 Å². The molecular formula is C31H30N4O2S2. The standard InChI is InChI=1S/C31H30N4O2S2/c1-31(2)21(18-27(36)34-29(38)32-25-15-7-11-19-9-3-5-13-22(19)25)17-24(31)28(37)35-30(39)33-26-16-8-12-20-10-4-6-14-23(20)26/h3-16,21,24H,17-18H2,1-2H3,(H2,32,34,36,38)(H2,33,35,37,39)/t21-,24+/m1/s1. The first-order valence-electron chi connectivity index (χ1n) is 12.9. The fraction of sp³-hybridized carbons (Fsp3) is 0.226. The molecule has 198 valence electrons. The maximum absolute atomic E-state index is 13.1. The molecule has 2 amide bonds. The van der Waals surface area contributed by atoms with E-state index in [-0.39, 0.29) is 45.7 Å². The molecule has 6 nitrogen and oxygen atoms in total. The monoisotopic (exact) mass is 554 g/mol. The zero-order valence-corrected chi connectivity index (χ0v) is 23.4. The number of carbonyl (C=O) groups excluding carboxylic acids is 2. The van der Waals surface area contributed by atoms with Crippen molar-refractivity contribution < 1.29 is 9.59 Å². The Hall–Kier alpha value is -3.88. The molecule has 0 radical (unpaired) electrons. The largest absolute Gasteiger partial charge is 0.332 e. The first-order valence-corrected chi connectivity index (χ1v) is 13.7. The number of amides is 2. The number of nitrogens with one attached hydrogen (secondary N) is 4.